The number of esters is 1. The molecule has 0 aliphatic heterocycles. The van der Waals surface area contributed by atoms with E-state index >= 15 is 0 Å². The normalized spacial score (nSPS) is 11.4. The zero-order valence-electron chi connectivity index (χ0n) is 12.8. The maximum absolute atomic E-state index is 11.8. The Bertz CT molecular complexity index is 629. The van der Waals surface area contributed by atoms with Gasteiger partial charge in [0.1, 0.15) is 5.60 Å². The number of hydrogen-bond acceptors (Lipinski definition) is 4. The van der Waals surface area contributed by atoms with Gasteiger partial charge in [0.15, 0.2) is 5.16 Å². The lowest BCUT2D eigenvalue weighted by molar-refractivity contribution is -0.151. The molecule has 1 heterocycles. The number of imidazole rings is 1. The number of thioether (sulfide) groups is 1. The Hall–Kier alpha value is -1.75. The number of carbonyl (C=O) groups excluding carboxylic acids is 1. The van der Waals surface area contributed by atoms with E-state index in [0.717, 1.165) is 10.8 Å². The largest absolute Gasteiger partial charge is 0.459 e. The number of rotatable bonds is 4. The maximum atomic E-state index is 11.8. The molecule has 0 aliphatic carbocycles. The monoisotopic (exact) mass is 304 g/mol. The van der Waals surface area contributed by atoms with E-state index in [9.17, 15) is 4.79 Å². The smallest absolute Gasteiger partial charge is 0.316 e. The van der Waals surface area contributed by atoms with E-state index in [1.807, 2.05) is 56.7 Å². The third-order valence-electron chi connectivity index (χ3n) is 2.63. The van der Waals surface area contributed by atoms with E-state index in [1.165, 1.54) is 17.3 Å². The topological polar surface area (TPSA) is 44.1 Å². The van der Waals surface area contributed by atoms with Crippen LogP contribution in [-0.4, -0.2) is 26.9 Å². The number of benzene rings is 1. The molecule has 0 bridgehead atoms. The van der Waals surface area contributed by atoms with Gasteiger partial charge in [-0.25, -0.2) is 4.98 Å². The molecule has 21 heavy (non-hydrogen) atoms. The highest BCUT2D eigenvalue weighted by Crippen LogP contribution is 2.21. The third kappa shape index (κ3) is 4.63. The van der Waals surface area contributed by atoms with Crippen LogP contribution in [0.4, 0.5) is 0 Å². The number of nitrogens with zero attached hydrogens (tertiary/aromatic N) is 2. The van der Waals surface area contributed by atoms with Crippen molar-refractivity contribution in [3.8, 4) is 5.69 Å². The molecule has 0 atom stereocenters. The first kappa shape index (κ1) is 15.6. The van der Waals surface area contributed by atoms with Crippen molar-refractivity contribution in [1.29, 1.82) is 0 Å². The molecule has 0 spiro atoms. The second kappa shape index (κ2) is 6.35. The Morgan fingerprint density at radius 3 is 2.81 bits per heavy atom. The van der Waals surface area contributed by atoms with Gasteiger partial charge in [-0.3, -0.25) is 9.36 Å². The summed E-state index contributed by atoms with van der Waals surface area (Å²) in [6.45, 7) is 7.64. The van der Waals surface area contributed by atoms with Gasteiger partial charge in [0.05, 0.1) is 5.75 Å². The van der Waals surface area contributed by atoms with Gasteiger partial charge in [0.2, 0.25) is 0 Å². The Labute approximate surface area is 129 Å². The van der Waals surface area contributed by atoms with Crippen LogP contribution >= 0.6 is 11.8 Å². The highest BCUT2D eigenvalue weighted by atomic mass is 32.2. The zero-order chi connectivity index (χ0) is 15.5. The van der Waals surface area contributed by atoms with Gasteiger partial charge in [-0.1, -0.05) is 23.9 Å². The van der Waals surface area contributed by atoms with Crippen LogP contribution in [0.15, 0.2) is 41.8 Å². The van der Waals surface area contributed by atoms with E-state index in [2.05, 4.69) is 11.1 Å². The number of aromatic nitrogens is 2. The predicted molar refractivity (Wildman–Crippen MR) is 84.9 cm³/mol. The highest BCUT2D eigenvalue weighted by Gasteiger charge is 2.17. The molecule has 0 N–H and O–H groups in total. The van der Waals surface area contributed by atoms with Crippen LogP contribution in [0.25, 0.3) is 5.69 Å². The Balaban J connectivity index is 2.06. The standard InChI is InChI=1S/C16H20N2O2S/c1-12-6-5-7-13(10-12)18-9-8-17-15(18)21-11-14(19)20-16(2,3)4/h5-10H,11H2,1-4H3. The number of hydrogen-bond donors (Lipinski definition) is 0. The summed E-state index contributed by atoms with van der Waals surface area (Å²) in [4.78, 5) is 16.1. The molecular weight excluding hydrogens is 284 g/mol. The first-order valence-electron chi connectivity index (χ1n) is 6.80. The van der Waals surface area contributed by atoms with Crippen LogP contribution in [-0.2, 0) is 9.53 Å². The third-order valence-corrected chi connectivity index (χ3v) is 3.57. The lowest BCUT2D eigenvalue weighted by atomic mass is 10.2. The molecule has 0 radical (unpaired) electrons. The van der Waals surface area contributed by atoms with Gasteiger partial charge in [-0.05, 0) is 45.4 Å². The van der Waals surface area contributed by atoms with Gasteiger partial charge in [0.25, 0.3) is 0 Å². The van der Waals surface area contributed by atoms with Gasteiger partial charge >= 0.3 is 5.97 Å². The van der Waals surface area contributed by atoms with Gasteiger partial charge in [0, 0.05) is 18.1 Å². The maximum Gasteiger partial charge on any atom is 0.316 e. The van der Waals surface area contributed by atoms with Crippen molar-refractivity contribution in [2.24, 2.45) is 0 Å². The lowest BCUT2D eigenvalue weighted by Gasteiger charge is -2.19. The van der Waals surface area contributed by atoms with Crippen LogP contribution in [0.5, 0.6) is 0 Å². The molecule has 4 nitrogen and oxygen atoms in total. The van der Waals surface area contributed by atoms with Gasteiger partial charge in [-0.15, -0.1) is 0 Å². The Morgan fingerprint density at radius 1 is 1.38 bits per heavy atom. The molecule has 0 fully saturated rings. The molecule has 0 amide bonds. The molecule has 0 aliphatic rings. The average Bonchev–Trinajstić information content (AvgIpc) is 2.82. The number of ether oxygens (including phenoxy) is 1. The molecular formula is C16H20N2O2S. The van der Waals surface area contributed by atoms with Crippen molar-refractivity contribution in [2.75, 3.05) is 5.75 Å². The fraction of sp³-hybridized carbons (Fsp3) is 0.375. The van der Waals surface area contributed by atoms with E-state index in [0.29, 0.717) is 0 Å². The van der Waals surface area contributed by atoms with E-state index in [4.69, 9.17) is 4.74 Å². The quantitative estimate of drug-likeness (QED) is 0.639. The Morgan fingerprint density at radius 2 is 2.14 bits per heavy atom. The summed E-state index contributed by atoms with van der Waals surface area (Å²) >= 11 is 1.38. The second-order valence-corrected chi connectivity index (χ2v) is 6.74. The summed E-state index contributed by atoms with van der Waals surface area (Å²) in [5.74, 6) is 0.0198. The fourth-order valence-electron chi connectivity index (χ4n) is 1.87. The van der Waals surface area contributed by atoms with Crippen molar-refractivity contribution < 1.29 is 9.53 Å². The summed E-state index contributed by atoms with van der Waals surface area (Å²) < 4.78 is 7.28. The summed E-state index contributed by atoms with van der Waals surface area (Å²) in [7, 11) is 0. The van der Waals surface area contributed by atoms with E-state index in [1.54, 1.807) is 6.20 Å². The van der Waals surface area contributed by atoms with Crippen LogP contribution in [0.2, 0.25) is 0 Å². The molecule has 0 saturated carbocycles. The predicted octanol–water partition coefficient (Wildman–Crippen LogP) is 3.61. The van der Waals surface area contributed by atoms with Crippen molar-refractivity contribution in [3.05, 3.63) is 42.2 Å². The van der Waals surface area contributed by atoms with Crippen LogP contribution in [0.1, 0.15) is 26.3 Å². The molecule has 2 aromatic rings. The highest BCUT2D eigenvalue weighted by molar-refractivity contribution is 7.99. The van der Waals surface area contributed by atoms with Gasteiger partial charge < -0.3 is 4.74 Å². The first-order valence-corrected chi connectivity index (χ1v) is 7.79. The number of aryl methyl sites for hydroxylation is 1. The van der Waals surface area contributed by atoms with Crippen molar-refractivity contribution in [1.82, 2.24) is 9.55 Å². The Kier molecular flexibility index (Phi) is 4.73. The molecule has 5 heteroatoms. The van der Waals surface area contributed by atoms with Gasteiger partial charge in [-0.2, -0.15) is 0 Å². The minimum absolute atomic E-state index is 0.230. The average molecular weight is 304 g/mol. The molecule has 112 valence electrons. The van der Waals surface area contributed by atoms with Crippen molar-refractivity contribution >= 4 is 17.7 Å². The first-order chi connectivity index (χ1) is 9.85. The SMILES string of the molecule is Cc1cccc(-n2ccnc2SCC(=O)OC(C)(C)C)c1. The number of carbonyl (C=O) groups is 1. The summed E-state index contributed by atoms with van der Waals surface area (Å²) in [5, 5.41) is 0.784. The summed E-state index contributed by atoms with van der Waals surface area (Å²) in [5.41, 5.74) is 1.77. The van der Waals surface area contributed by atoms with E-state index < -0.39 is 5.60 Å². The summed E-state index contributed by atoms with van der Waals surface area (Å²) in [6, 6.07) is 8.16. The minimum atomic E-state index is -0.455. The molecule has 1 aromatic heterocycles. The molecule has 0 saturated heterocycles. The van der Waals surface area contributed by atoms with E-state index in [-0.39, 0.29) is 11.7 Å². The minimum Gasteiger partial charge on any atom is -0.459 e. The zero-order valence-corrected chi connectivity index (χ0v) is 13.6. The molecule has 1 aromatic carbocycles. The second-order valence-electron chi connectivity index (χ2n) is 5.79. The molecule has 2 rings (SSSR count). The summed E-state index contributed by atoms with van der Waals surface area (Å²) in [6.07, 6.45) is 3.63. The van der Waals surface area contributed by atoms with Crippen LogP contribution in [0.3, 0.4) is 0 Å². The van der Waals surface area contributed by atoms with Crippen LogP contribution < -0.4 is 0 Å². The lowest BCUT2D eigenvalue weighted by Crippen LogP contribution is -2.25. The molecule has 0 unspecified atom stereocenters. The fourth-order valence-corrected chi connectivity index (χ4v) is 2.61. The van der Waals surface area contributed by atoms with Crippen LogP contribution in [0, 0.1) is 6.92 Å². The van der Waals surface area contributed by atoms with Crippen molar-refractivity contribution in [2.45, 2.75) is 38.5 Å². The van der Waals surface area contributed by atoms with Crippen molar-refractivity contribution in [3.63, 3.8) is 0 Å².